The van der Waals surface area contributed by atoms with E-state index < -0.39 is 0 Å². The van der Waals surface area contributed by atoms with Crippen LogP contribution in [0.1, 0.15) is 22.2 Å². The number of thiophene rings is 1. The highest BCUT2D eigenvalue weighted by Gasteiger charge is 2.18. The van der Waals surface area contributed by atoms with Crippen LogP contribution in [0.5, 0.6) is 0 Å². The predicted molar refractivity (Wildman–Crippen MR) is 61.2 cm³/mol. The molecular formula is C11H13N3OS. The van der Waals surface area contributed by atoms with E-state index >= 15 is 0 Å². The Morgan fingerprint density at radius 3 is 3.31 bits per heavy atom. The number of aryl methyl sites for hydroxylation is 1. The standard InChI is InChI=1S/C11H13N3OS/c1-8-12-11(15-13-8)7-14-4-2-10-9(6-14)3-5-16-10/h3,5H,2,4,6-7H2,1H3. The fourth-order valence-electron chi connectivity index (χ4n) is 2.04. The van der Waals surface area contributed by atoms with Gasteiger partial charge in [-0.25, -0.2) is 0 Å². The molecule has 0 aromatic carbocycles. The lowest BCUT2D eigenvalue weighted by atomic mass is 10.1. The topological polar surface area (TPSA) is 42.2 Å². The van der Waals surface area contributed by atoms with Crippen molar-refractivity contribution in [3.63, 3.8) is 0 Å². The summed E-state index contributed by atoms with van der Waals surface area (Å²) in [7, 11) is 0. The number of hydrogen-bond donors (Lipinski definition) is 0. The molecule has 0 atom stereocenters. The second-order valence-electron chi connectivity index (χ2n) is 4.06. The number of aromatic nitrogens is 2. The lowest BCUT2D eigenvalue weighted by molar-refractivity contribution is 0.212. The summed E-state index contributed by atoms with van der Waals surface area (Å²) in [6.45, 7) is 4.69. The molecule has 16 heavy (non-hydrogen) atoms. The molecule has 2 aromatic heterocycles. The summed E-state index contributed by atoms with van der Waals surface area (Å²) in [5.41, 5.74) is 1.45. The van der Waals surface area contributed by atoms with E-state index in [1.165, 1.54) is 10.4 Å². The number of fused-ring (bicyclic) bond motifs is 1. The van der Waals surface area contributed by atoms with Crippen LogP contribution in [0.15, 0.2) is 16.0 Å². The molecule has 1 aliphatic rings. The summed E-state index contributed by atoms with van der Waals surface area (Å²) in [6, 6.07) is 2.21. The van der Waals surface area contributed by atoms with Gasteiger partial charge in [-0.15, -0.1) is 11.3 Å². The van der Waals surface area contributed by atoms with E-state index in [4.69, 9.17) is 4.52 Å². The van der Waals surface area contributed by atoms with Crippen LogP contribution in [0.25, 0.3) is 0 Å². The molecule has 0 bridgehead atoms. The molecule has 3 rings (SSSR count). The average Bonchev–Trinajstić information content (AvgIpc) is 2.87. The van der Waals surface area contributed by atoms with Crippen molar-refractivity contribution in [3.8, 4) is 0 Å². The van der Waals surface area contributed by atoms with Crippen molar-refractivity contribution in [1.29, 1.82) is 0 Å². The largest absolute Gasteiger partial charge is 0.338 e. The minimum Gasteiger partial charge on any atom is -0.338 e. The van der Waals surface area contributed by atoms with Crippen LogP contribution in [0.3, 0.4) is 0 Å². The highest BCUT2D eigenvalue weighted by atomic mass is 32.1. The third kappa shape index (κ3) is 1.88. The zero-order valence-electron chi connectivity index (χ0n) is 9.14. The van der Waals surface area contributed by atoms with Crippen molar-refractivity contribution in [2.45, 2.75) is 26.4 Å². The molecule has 4 nitrogen and oxygen atoms in total. The third-order valence-electron chi connectivity index (χ3n) is 2.82. The third-order valence-corrected chi connectivity index (χ3v) is 3.84. The van der Waals surface area contributed by atoms with Gasteiger partial charge >= 0.3 is 0 Å². The Kier molecular flexibility index (Phi) is 2.49. The van der Waals surface area contributed by atoms with Gasteiger partial charge in [-0.3, -0.25) is 4.90 Å². The summed E-state index contributed by atoms with van der Waals surface area (Å²) in [5, 5.41) is 5.98. The maximum absolute atomic E-state index is 5.14. The fourth-order valence-corrected chi connectivity index (χ4v) is 2.93. The first-order valence-corrected chi connectivity index (χ1v) is 6.26. The lowest BCUT2D eigenvalue weighted by Crippen LogP contribution is -2.29. The molecule has 0 N–H and O–H groups in total. The van der Waals surface area contributed by atoms with Crippen molar-refractivity contribution in [3.05, 3.63) is 33.6 Å². The number of nitrogens with zero attached hydrogens (tertiary/aromatic N) is 3. The molecule has 5 heteroatoms. The molecule has 0 saturated heterocycles. The molecular weight excluding hydrogens is 222 g/mol. The van der Waals surface area contributed by atoms with Gasteiger partial charge in [0.05, 0.1) is 6.54 Å². The van der Waals surface area contributed by atoms with E-state index in [9.17, 15) is 0 Å². The van der Waals surface area contributed by atoms with E-state index in [2.05, 4.69) is 26.5 Å². The smallest absolute Gasteiger partial charge is 0.240 e. The maximum atomic E-state index is 5.14. The van der Waals surface area contributed by atoms with Crippen LogP contribution < -0.4 is 0 Å². The van der Waals surface area contributed by atoms with E-state index in [1.54, 1.807) is 0 Å². The molecule has 0 aliphatic carbocycles. The minimum atomic E-state index is 0.711. The highest BCUT2D eigenvalue weighted by molar-refractivity contribution is 7.10. The van der Waals surface area contributed by atoms with Gasteiger partial charge < -0.3 is 4.52 Å². The van der Waals surface area contributed by atoms with Crippen LogP contribution in [-0.4, -0.2) is 21.6 Å². The molecule has 0 spiro atoms. The Balaban J connectivity index is 1.70. The van der Waals surface area contributed by atoms with Gasteiger partial charge in [-0.1, -0.05) is 5.16 Å². The second-order valence-corrected chi connectivity index (χ2v) is 5.07. The molecule has 3 heterocycles. The van der Waals surface area contributed by atoms with E-state index in [1.807, 2.05) is 18.3 Å². The van der Waals surface area contributed by atoms with Gasteiger partial charge in [-0.2, -0.15) is 4.98 Å². The number of rotatable bonds is 2. The predicted octanol–water partition coefficient (Wildman–Crippen LogP) is 2.00. The first-order chi connectivity index (χ1) is 7.81. The Labute approximate surface area is 97.9 Å². The zero-order valence-corrected chi connectivity index (χ0v) is 9.96. The van der Waals surface area contributed by atoms with E-state index in [0.29, 0.717) is 5.82 Å². The van der Waals surface area contributed by atoms with Gasteiger partial charge in [0.1, 0.15) is 0 Å². The van der Waals surface area contributed by atoms with Crippen LogP contribution in [0.2, 0.25) is 0 Å². The summed E-state index contributed by atoms with van der Waals surface area (Å²) in [5.74, 6) is 1.43. The van der Waals surface area contributed by atoms with Crippen molar-refractivity contribution < 1.29 is 4.52 Å². The molecule has 0 radical (unpaired) electrons. The molecule has 84 valence electrons. The second kappa shape index (κ2) is 3.99. The summed E-state index contributed by atoms with van der Waals surface area (Å²) in [4.78, 5) is 8.11. The van der Waals surface area contributed by atoms with Crippen LogP contribution in [-0.2, 0) is 19.5 Å². The molecule has 2 aromatic rings. The molecule has 0 amide bonds. The molecule has 0 unspecified atom stereocenters. The van der Waals surface area contributed by atoms with Crippen molar-refractivity contribution in [2.75, 3.05) is 6.54 Å². The normalized spacial score (nSPS) is 16.3. The Hall–Kier alpha value is -1.20. The zero-order chi connectivity index (χ0) is 11.0. The maximum Gasteiger partial charge on any atom is 0.240 e. The van der Waals surface area contributed by atoms with Gasteiger partial charge in [0.15, 0.2) is 5.82 Å². The number of hydrogen-bond acceptors (Lipinski definition) is 5. The van der Waals surface area contributed by atoms with Crippen LogP contribution in [0, 0.1) is 6.92 Å². The van der Waals surface area contributed by atoms with Crippen molar-refractivity contribution >= 4 is 11.3 Å². The summed E-state index contributed by atoms with van der Waals surface area (Å²) >= 11 is 1.86. The lowest BCUT2D eigenvalue weighted by Gasteiger charge is -2.24. The fraction of sp³-hybridized carbons (Fsp3) is 0.455. The SMILES string of the molecule is Cc1noc(CN2CCc3sccc3C2)n1. The van der Waals surface area contributed by atoms with E-state index in [-0.39, 0.29) is 0 Å². The Bertz CT molecular complexity index is 491. The average molecular weight is 235 g/mol. The summed E-state index contributed by atoms with van der Waals surface area (Å²) in [6.07, 6.45) is 1.14. The monoisotopic (exact) mass is 235 g/mol. The highest BCUT2D eigenvalue weighted by Crippen LogP contribution is 2.24. The van der Waals surface area contributed by atoms with Crippen LogP contribution in [0.4, 0.5) is 0 Å². The summed E-state index contributed by atoms with van der Waals surface area (Å²) < 4.78 is 5.14. The van der Waals surface area contributed by atoms with Crippen molar-refractivity contribution in [2.24, 2.45) is 0 Å². The Morgan fingerprint density at radius 1 is 1.56 bits per heavy atom. The quantitative estimate of drug-likeness (QED) is 0.798. The van der Waals surface area contributed by atoms with E-state index in [0.717, 1.165) is 31.9 Å². The first-order valence-electron chi connectivity index (χ1n) is 5.38. The molecule has 0 saturated carbocycles. The van der Waals surface area contributed by atoms with Gasteiger partial charge in [0, 0.05) is 18.0 Å². The minimum absolute atomic E-state index is 0.711. The Morgan fingerprint density at radius 2 is 2.50 bits per heavy atom. The van der Waals surface area contributed by atoms with Gasteiger partial charge in [0.2, 0.25) is 5.89 Å². The molecule has 0 fully saturated rings. The first kappa shape index (κ1) is 9.99. The van der Waals surface area contributed by atoms with Gasteiger partial charge in [0.25, 0.3) is 0 Å². The molecule has 1 aliphatic heterocycles. The van der Waals surface area contributed by atoms with Gasteiger partial charge in [-0.05, 0) is 30.4 Å². The van der Waals surface area contributed by atoms with Crippen molar-refractivity contribution in [1.82, 2.24) is 15.0 Å². The van der Waals surface area contributed by atoms with Crippen LogP contribution >= 0.6 is 11.3 Å².